The number of carbonyl (C=O) groups is 1. The van der Waals surface area contributed by atoms with Crippen LogP contribution in [0.25, 0.3) is 0 Å². The highest BCUT2D eigenvalue weighted by molar-refractivity contribution is 7.10. The number of hydrogen-bond donors (Lipinski definition) is 1. The molecule has 0 saturated heterocycles. The van der Waals surface area contributed by atoms with Crippen molar-refractivity contribution in [3.05, 3.63) is 39.8 Å². The largest absolute Gasteiger partial charge is 0.479 e. The highest BCUT2D eigenvalue weighted by atomic mass is 32.1. The number of nitrogens with zero attached hydrogens (tertiary/aromatic N) is 2. The van der Waals surface area contributed by atoms with Gasteiger partial charge in [-0.3, -0.25) is 4.68 Å². The van der Waals surface area contributed by atoms with E-state index in [9.17, 15) is 4.79 Å². The smallest absolute Gasteiger partial charge is 0.331 e. The second kappa shape index (κ2) is 5.17. The number of hydrogen-bond acceptors (Lipinski definition) is 3. The number of aliphatic carboxylic acids is 1. The topological polar surface area (TPSA) is 55.1 Å². The van der Waals surface area contributed by atoms with Gasteiger partial charge in [-0.25, -0.2) is 4.79 Å². The average Bonchev–Trinajstić information content (AvgIpc) is 2.95. The zero-order chi connectivity index (χ0) is 14.0. The fourth-order valence-corrected chi connectivity index (χ4v) is 2.55. The summed E-state index contributed by atoms with van der Waals surface area (Å²) in [6, 6.07) is 2.19. The molecule has 0 radical (unpaired) electrons. The summed E-state index contributed by atoms with van der Waals surface area (Å²) in [5.74, 6) is -0.879. The summed E-state index contributed by atoms with van der Waals surface area (Å²) in [6.07, 6.45) is 5.42. The molecule has 0 spiro atoms. The van der Waals surface area contributed by atoms with Crippen molar-refractivity contribution in [3.63, 3.8) is 0 Å². The van der Waals surface area contributed by atoms with Crippen LogP contribution < -0.4 is 0 Å². The van der Waals surface area contributed by atoms with Gasteiger partial charge in [0, 0.05) is 11.1 Å². The van der Waals surface area contributed by atoms with Gasteiger partial charge in [0.15, 0.2) is 5.54 Å². The molecule has 0 aliphatic carbocycles. The molecular weight excluding hydrogens is 260 g/mol. The SMILES string of the molecule is Cc1cc(CCc2cnn(C(C)(C)C(=O)O)c2)cs1. The molecule has 0 aliphatic rings. The van der Waals surface area contributed by atoms with Gasteiger partial charge in [-0.15, -0.1) is 11.3 Å². The van der Waals surface area contributed by atoms with E-state index < -0.39 is 11.5 Å². The molecule has 0 bridgehead atoms. The molecule has 0 unspecified atom stereocenters. The van der Waals surface area contributed by atoms with Crippen LogP contribution in [0.15, 0.2) is 23.8 Å². The van der Waals surface area contributed by atoms with Crippen molar-refractivity contribution >= 4 is 17.3 Å². The van der Waals surface area contributed by atoms with E-state index in [4.69, 9.17) is 5.11 Å². The molecule has 0 saturated carbocycles. The summed E-state index contributed by atoms with van der Waals surface area (Å²) in [5, 5.41) is 15.5. The highest BCUT2D eigenvalue weighted by Crippen LogP contribution is 2.18. The average molecular weight is 278 g/mol. The number of thiophene rings is 1. The maximum atomic E-state index is 11.2. The Labute approximate surface area is 116 Å². The van der Waals surface area contributed by atoms with Gasteiger partial charge in [-0.2, -0.15) is 5.10 Å². The summed E-state index contributed by atoms with van der Waals surface area (Å²) < 4.78 is 1.52. The first-order valence-corrected chi connectivity index (χ1v) is 7.09. The maximum absolute atomic E-state index is 11.2. The zero-order valence-corrected chi connectivity index (χ0v) is 12.2. The molecule has 0 amide bonds. The van der Waals surface area contributed by atoms with Crippen LogP contribution >= 0.6 is 11.3 Å². The van der Waals surface area contributed by atoms with E-state index in [-0.39, 0.29) is 0 Å². The number of aromatic nitrogens is 2. The molecule has 0 atom stereocenters. The standard InChI is InChI=1S/C14H18N2O2S/c1-10-6-11(9-19-10)4-5-12-7-15-16(8-12)14(2,3)13(17)18/h6-9H,4-5H2,1-3H3,(H,17,18). The molecule has 2 heterocycles. The van der Waals surface area contributed by atoms with Crippen molar-refractivity contribution in [3.8, 4) is 0 Å². The third-order valence-electron chi connectivity index (χ3n) is 3.22. The minimum Gasteiger partial charge on any atom is -0.479 e. The summed E-state index contributed by atoms with van der Waals surface area (Å²) in [6.45, 7) is 5.39. The predicted molar refractivity (Wildman–Crippen MR) is 75.6 cm³/mol. The van der Waals surface area contributed by atoms with Crippen molar-refractivity contribution in [1.82, 2.24) is 9.78 Å². The van der Waals surface area contributed by atoms with Crippen molar-refractivity contribution < 1.29 is 9.90 Å². The van der Waals surface area contributed by atoms with Gasteiger partial charge in [0.2, 0.25) is 0 Å². The third-order valence-corrected chi connectivity index (χ3v) is 4.13. The Morgan fingerprint density at radius 3 is 2.68 bits per heavy atom. The fraction of sp³-hybridized carbons (Fsp3) is 0.429. The molecule has 2 rings (SSSR count). The van der Waals surface area contributed by atoms with Gasteiger partial charge in [0.1, 0.15) is 0 Å². The van der Waals surface area contributed by atoms with Crippen LogP contribution in [0.5, 0.6) is 0 Å². The van der Waals surface area contributed by atoms with E-state index in [1.807, 2.05) is 6.20 Å². The van der Waals surface area contributed by atoms with E-state index in [2.05, 4.69) is 23.5 Å². The van der Waals surface area contributed by atoms with E-state index >= 15 is 0 Å². The molecule has 2 aromatic heterocycles. The van der Waals surface area contributed by atoms with Crippen molar-refractivity contribution in [2.75, 3.05) is 0 Å². The first-order valence-electron chi connectivity index (χ1n) is 6.21. The van der Waals surface area contributed by atoms with Gasteiger partial charge >= 0.3 is 5.97 Å². The van der Waals surface area contributed by atoms with Gasteiger partial charge in [-0.1, -0.05) is 0 Å². The fourth-order valence-electron chi connectivity index (χ4n) is 1.81. The number of rotatable bonds is 5. The molecule has 1 N–H and O–H groups in total. The van der Waals surface area contributed by atoms with Crippen LogP contribution in [0.2, 0.25) is 0 Å². The van der Waals surface area contributed by atoms with Crippen LogP contribution in [0.1, 0.15) is 29.9 Å². The second-order valence-corrected chi connectivity index (χ2v) is 6.34. The number of aryl methyl sites for hydroxylation is 3. The first-order chi connectivity index (χ1) is 8.89. The van der Waals surface area contributed by atoms with Crippen LogP contribution in [0.3, 0.4) is 0 Å². The lowest BCUT2D eigenvalue weighted by Crippen LogP contribution is -2.35. The van der Waals surface area contributed by atoms with Crippen molar-refractivity contribution in [2.45, 2.75) is 39.2 Å². The maximum Gasteiger partial charge on any atom is 0.331 e. The minimum absolute atomic E-state index is 0.879. The summed E-state index contributed by atoms with van der Waals surface area (Å²) >= 11 is 1.75. The van der Waals surface area contributed by atoms with Crippen LogP contribution in [-0.4, -0.2) is 20.9 Å². The van der Waals surface area contributed by atoms with Gasteiger partial charge < -0.3 is 5.11 Å². The van der Waals surface area contributed by atoms with Crippen molar-refractivity contribution in [1.29, 1.82) is 0 Å². The van der Waals surface area contributed by atoms with E-state index in [1.54, 1.807) is 31.4 Å². The first kappa shape index (κ1) is 13.8. The summed E-state index contributed by atoms with van der Waals surface area (Å²) in [4.78, 5) is 12.5. The van der Waals surface area contributed by atoms with E-state index in [1.165, 1.54) is 15.1 Å². The molecule has 19 heavy (non-hydrogen) atoms. The number of carboxylic acid groups (broad SMARTS) is 1. The molecule has 102 valence electrons. The lowest BCUT2D eigenvalue weighted by molar-refractivity contribution is -0.146. The second-order valence-electron chi connectivity index (χ2n) is 5.22. The molecule has 2 aromatic rings. The van der Waals surface area contributed by atoms with Gasteiger partial charge in [-0.05, 0) is 56.2 Å². The van der Waals surface area contributed by atoms with Crippen LogP contribution in [0.4, 0.5) is 0 Å². The molecule has 0 aliphatic heterocycles. The van der Waals surface area contributed by atoms with Crippen molar-refractivity contribution in [2.24, 2.45) is 0 Å². The Kier molecular flexibility index (Phi) is 3.75. The van der Waals surface area contributed by atoms with Gasteiger partial charge in [0.05, 0.1) is 6.20 Å². The monoisotopic (exact) mass is 278 g/mol. The lowest BCUT2D eigenvalue weighted by Gasteiger charge is -2.19. The van der Waals surface area contributed by atoms with E-state index in [0.717, 1.165) is 18.4 Å². The Morgan fingerprint density at radius 2 is 2.11 bits per heavy atom. The Bertz CT molecular complexity index is 584. The molecule has 0 fully saturated rings. The Balaban J connectivity index is 2.03. The third kappa shape index (κ3) is 3.04. The number of carboxylic acids is 1. The summed E-state index contributed by atoms with van der Waals surface area (Å²) in [5.41, 5.74) is 1.39. The van der Waals surface area contributed by atoms with E-state index in [0.29, 0.717) is 0 Å². The molecule has 0 aromatic carbocycles. The minimum atomic E-state index is -1.00. The lowest BCUT2D eigenvalue weighted by atomic mass is 10.1. The molecular formula is C14H18N2O2S. The van der Waals surface area contributed by atoms with Crippen LogP contribution in [-0.2, 0) is 23.2 Å². The zero-order valence-electron chi connectivity index (χ0n) is 11.4. The normalized spacial score (nSPS) is 11.7. The Morgan fingerprint density at radius 1 is 1.42 bits per heavy atom. The molecule has 5 heteroatoms. The predicted octanol–water partition coefficient (Wildman–Crippen LogP) is 2.86. The van der Waals surface area contributed by atoms with Gasteiger partial charge in [0.25, 0.3) is 0 Å². The Hall–Kier alpha value is -1.62. The highest BCUT2D eigenvalue weighted by Gasteiger charge is 2.30. The summed E-state index contributed by atoms with van der Waals surface area (Å²) in [7, 11) is 0. The quantitative estimate of drug-likeness (QED) is 0.915. The van der Waals surface area contributed by atoms with Crippen LogP contribution in [0, 0.1) is 6.92 Å². The molecule has 4 nitrogen and oxygen atoms in total.